The number of carbonyl (C=O) groups excluding carboxylic acids is 1. The van der Waals surface area contributed by atoms with E-state index in [1.807, 2.05) is 13.0 Å². The number of benzene rings is 1. The van der Waals surface area contributed by atoms with E-state index in [4.69, 9.17) is 5.11 Å². The first-order valence-electron chi connectivity index (χ1n) is 4.70. The second-order valence-corrected chi connectivity index (χ2v) is 3.49. The Hall–Kier alpha value is -2.10. The lowest BCUT2D eigenvalue weighted by Crippen LogP contribution is -2.30. The zero-order valence-electron chi connectivity index (χ0n) is 9.23. The van der Waals surface area contributed by atoms with E-state index in [1.54, 1.807) is 18.2 Å². The lowest BCUT2D eigenvalue weighted by atomic mass is 10.2. The fourth-order valence-corrected chi connectivity index (χ4v) is 1.25. The topological polar surface area (TPSA) is 57.6 Å². The van der Waals surface area contributed by atoms with E-state index in [-0.39, 0.29) is 0 Å². The second kappa shape index (κ2) is 4.61. The molecule has 0 aliphatic rings. The van der Waals surface area contributed by atoms with Crippen LogP contribution in [-0.4, -0.2) is 24.0 Å². The molecule has 0 aromatic heterocycles. The van der Waals surface area contributed by atoms with Crippen LogP contribution < -0.4 is 4.90 Å². The maximum atomic E-state index is 11.6. The molecular weight excluding hydrogens is 206 g/mol. The molecule has 1 rings (SSSR count). The van der Waals surface area contributed by atoms with Gasteiger partial charge in [-0.25, -0.2) is 4.79 Å². The van der Waals surface area contributed by atoms with Crippen LogP contribution in [0.2, 0.25) is 0 Å². The van der Waals surface area contributed by atoms with Gasteiger partial charge in [-0.3, -0.25) is 4.79 Å². The SMILES string of the molecule is C=C(C(=O)O)C(=O)N(C)c1cccc(C)c1. The van der Waals surface area contributed by atoms with Crippen molar-refractivity contribution in [2.45, 2.75) is 6.92 Å². The van der Waals surface area contributed by atoms with E-state index >= 15 is 0 Å². The van der Waals surface area contributed by atoms with E-state index in [9.17, 15) is 9.59 Å². The molecule has 0 heterocycles. The van der Waals surface area contributed by atoms with Crippen LogP contribution in [0.4, 0.5) is 5.69 Å². The van der Waals surface area contributed by atoms with E-state index < -0.39 is 17.4 Å². The molecule has 1 aromatic carbocycles. The largest absolute Gasteiger partial charge is 0.478 e. The first kappa shape index (κ1) is 12.0. The van der Waals surface area contributed by atoms with Crippen LogP contribution in [0.1, 0.15) is 5.56 Å². The number of carbonyl (C=O) groups is 2. The van der Waals surface area contributed by atoms with Crippen molar-refractivity contribution < 1.29 is 14.7 Å². The summed E-state index contributed by atoms with van der Waals surface area (Å²) in [6.45, 7) is 5.13. The number of carboxylic acids is 1. The molecule has 1 amide bonds. The molecule has 0 fully saturated rings. The Balaban J connectivity index is 2.94. The summed E-state index contributed by atoms with van der Waals surface area (Å²) < 4.78 is 0. The van der Waals surface area contributed by atoms with Crippen molar-refractivity contribution in [3.63, 3.8) is 0 Å². The Labute approximate surface area is 93.8 Å². The van der Waals surface area contributed by atoms with Gasteiger partial charge in [-0.1, -0.05) is 18.7 Å². The average molecular weight is 219 g/mol. The van der Waals surface area contributed by atoms with Gasteiger partial charge in [-0.05, 0) is 24.6 Å². The Morgan fingerprint density at radius 3 is 2.50 bits per heavy atom. The fraction of sp³-hybridized carbons (Fsp3) is 0.167. The Kier molecular flexibility index (Phi) is 3.45. The van der Waals surface area contributed by atoms with Gasteiger partial charge in [0.05, 0.1) is 0 Å². The number of amides is 1. The van der Waals surface area contributed by atoms with Gasteiger partial charge in [0.15, 0.2) is 0 Å². The minimum Gasteiger partial charge on any atom is -0.478 e. The Bertz CT molecular complexity index is 451. The summed E-state index contributed by atoms with van der Waals surface area (Å²) in [5, 5.41) is 8.66. The summed E-state index contributed by atoms with van der Waals surface area (Å²) in [4.78, 5) is 23.5. The van der Waals surface area contributed by atoms with E-state index in [0.717, 1.165) is 5.56 Å². The molecule has 1 aromatic rings. The molecule has 0 saturated carbocycles. The molecule has 0 aliphatic carbocycles. The summed E-state index contributed by atoms with van der Waals surface area (Å²) in [5.41, 5.74) is 1.20. The van der Waals surface area contributed by atoms with E-state index in [1.165, 1.54) is 11.9 Å². The molecule has 0 aliphatic heterocycles. The number of aliphatic carboxylic acids is 1. The van der Waals surface area contributed by atoms with Crippen molar-refractivity contribution in [2.24, 2.45) is 0 Å². The normalized spacial score (nSPS) is 9.62. The van der Waals surface area contributed by atoms with Crippen LogP contribution in [0, 0.1) is 6.92 Å². The average Bonchev–Trinajstić information content (AvgIpc) is 2.26. The maximum absolute atomic E-state index is 11.6. The van der Waals surface area contributed by atoms with Crippen molar-refractivity contribution in [3.8, 4) is 0 Å². The minimum atomic E-state index is -1.30. The summed E-state index contributed by atoms with van der Waals surface area (Å²) >= 11 is 0. The number of anilines is 1. The van der Waals surface area contributed by atoms with Crippen LogP contribution in [0.15, 0.2) is 36.4 Å². The van der Waals surface area contributed by atoms with Crippen molar-refractivity contribution in [1.82, 2.24) is 0 Å². The second-order valence-electron chi connectivity index (χ2n) is 3.49. The van der Waals surface area contributed by atoms with Gasteiger partial charge in [0, 0.05) is 12.7 Å². The molecule has 0 spiro atoms. The van der Waals surface area contributed by atoms with Crippen LogP contribution in [-0.2, 0) is 9.59 Å². The van der Waals surface area contributed by atoms with Gasteiger partial charge in [0.25, 0.3) is 5.91 Å². The highest BCUT2D eigenvalue weighted by molar-refractivity contribution is 6.20. The number of nitrogens with zero attached hydrogens (tertiary/aromatic N) is 1. The molecule has 0 saturated heterocycles. The number of aryl methyl sites for hydroxylation is 1. The molecule has 0 radical (unpaired) electrons. The third kappa shape index (κ3) is 2.48. The van der Waals surface area contributed by atoms with Gasteiger partial charge >= 0.3 is 5.97 Å². The molecule has 84 valence electrons. The number of likely N-dealkylation sites (N-methyl/N-ethyl adjacent to an activating group) is 1. The van der Waals surface area contributed by atoms with Gasteiger partial charge in [0.2, 0.25) is 0 Å². The highest BCUT2D eigenvalue weighted by Gasteiger charge is 2.19. The predicted molar refractivity (Wildman–Crippen MR) is 61.4 cm³/mol. The molecule has 4 nitrogen and oxygen atoms in total. The Morgan fingerprint density at radius 2 is 2.00 bits per heavy atom. The van der Waals surface area contributed by atoms with Gasteiger partial charge in [0.1, 0.15) is 5.57 Å². The molecule has 0 bridgehead atoms. The van der Waals surface area contributed by atoms with Gasteiger partial charge < -0.3 is 10.0 Å². The number of rotatable bonds is 3. The molecule has 1 N–H and O–H groups in total. The minimum absolute atomic E-state index is 0.441. The monoisotopic (exact) mass is 219 g/mol. The maximum Gasteiger partial charge on any atom is 0.340 e. The lowest BCUT2D eigenvalue weighted by Gasteiger charge is -2.17. The van der Waals surface area contributed by atoms with Crippen LogP contribution >= 0.6 is 0 Å². The molecular formula is C12H13NO3. The number of carboxylic acid groups (broad SMARTS) is 1. The zero-order valence-corrected chi connectivity index (χ0v) is 9.23. The summed E-state index contributed by atoms with van der Waals surface area (Å²) in [6.07, 6.45) is 0. The zero-order chi connectivity index (χ0) is 12.3. The number of hydrogen-bond acceptors (Lipinski definition) is 2. The van der Waals surface area contributed by atoms with Crippen LogP contribution in [0.25, 0.3) is 0 Å². The summed E-state index contributed by atoms with van der Waals surface area (Å²) in [6, 6.07) is 7.23. The third-order valence-electron chi connectivity index (χ3n) is 2.21. The predicted octanol–water partition coefficient (Wildman–Crippen LogP) is 1.60. The Morgan fingerprint density at radius 1 is 1.38 bits per heavy atom. The molecule has 4 heteroatoms. The lowest BCUT2D eigenvalue weighted by molar-refractivity contribution is -0.134. The van der Waals surface area contributed by atoms with E-state index in [0.29, 0.717) is 5.69 Å². The molecule has 16 heavy (non-hydrogen) atoms. The summed E-state index contributed by atoms with van der Waals surface area (Å²) in [5.74, 6) is -1.91. The summed E-state index contributed by atoms with van der Waals surface area (Å²) in [7, 11) is 1.52. The highest BCUT2D eigenvalue weighted by atomic mass is 16.4. The highest BCUT2D eigenvalue weighted by Crippen LogP contribution is 2.15. The number of hydrogen-bond donors (Lipinski definition) is 1. The van der Waals surface area contributed by atoms with Crippen LogP contribution in [0.3, 0.4) is 0 Å². The van der Waals surface area contributed by atoms with Crippen LogP contribution in [0.5, 0.6) is 0 Å². The fourth-order valence-electron chi connectivity index (χ4n) is 1.25. The van der Waals surface area contributed by atoms with Crippen molar-refractivity contribution in [2.75, 3.05) is 11.9 Å². The molecule has 0 atom stereocenters. The van der Waals surface area contributed by atoms with Gasteiger partial charge in [-0.2, -0.15) is 0 Å². The van der Waals surface area contributed by atoms with E-state index in [2.05, 4.69) is 6.58 Å². The standard InChI is InChI=1S/C12H13NO3/c1-8-5-4-6-10(7-8)13(3)11(14)9(2)12(15)16/h4-7H,2H2,1,3H3,(H,15,16). The van der Waals surface area contributed by atoms with Crippen molar-refractivity contribution >= 4 is 17.6 Å². The quantitative estimate of drug-likeness (QED) is 0.477. The first-order valence-corrected chi connectivity index (χ1v) is 4.70. The third-order valence-corrected chi connectivity index (χ3v) is 2.21. The van der Waals surface area contributed by atoms with Crippen molar-refractivity contribution in [1.29, 1.82) is 0 Å². The van der Waals surface area contributed by atoms with Crippen molar-refractivity contribution in [3.05, 3.63) is 42.0 Å². The van der Waals surface area contributed by atoms with Gasteiger partial charge in [-0.15, -0.1) is 0 Å². The molecule has 0 unspecified atom stereocenters. The smallest absolute Gasteiger partial charge is 0.340 e. The first-order chi connectivity index (χ1) is 7.43.